The molecule has 0 spiro atoms. The van der Waals surface area contributed by atoms with Gasteiger partial charge in [0.15, 0.2) is 9.84 Å². The van der Waals surface area contributed by atoms with Gasteiger partial charge in [-0.1, -0.05) is 6.07 Å². The van der Waals surface area contributed by atoms with Gasteiger partial charge in [0.2, 0.25) is 5.91 Å². The number of thiophene rings is 1. The van der Waals surface area contributed by atoms with Crippen molar-refractivity contribution in [3.8, 4) is 0 Å². The number of sulfone groups is 1. The van der Waals surface area contributed by atoms with Crippen LogP contribution in [0.4, 0.5) is 0 Å². The van der Waals surface area contributed by atoms with Crippen LogP contribution in [0, 0.1) is 5.92 Å². The fraction of sp³-hybridized carbons (Fsp3) is 0.400. The molecular formula is C10H12N2O4S2. The largest absolute Gasteiger partial charge is 0.279 e. The average Bonchev–Trinajstić information content (AvgIpc) is 2.94. The number of nitrogens with one attached hydrogen (secondary N) is 2. The molecule has 1 saturated heterocycles. The fourth-order valence-corrected chi connectivity index (χ4v) is 4.05. The third-order valence-electron chi connectivity index (χ3n) is 2.65. The van der Waals surface area contributed by atoms with Gasteiger partial charge in [-0.05, 0) is 17.9 Å². The first-order valence-electron chi connectivity index (χ1n) is 5.32. The summed E-state index contributed by atoms with van der Waals surface area (Å²) in [5, 5.41) is 1.75. The molecule has 2 heterocycles. The van der Waals surface area contributed by atoms with E-state index in [0.29, 0.717) is 11.3 Å². The lowest BCUT2D eigenvalue weighted by Gasteiger charge is -2.09. The van der Waals surface area contributed by atoms with Crippen molar-refractivity contribution >= 4 is 33.0 Å². The van der Waals surface area contributed by atoms with Crippen LogP contribution in [0.2, 0.25) is 0 Å². The van der Waals surface area contributed by atoms with Crippen molar-refractivity contribution in [2.24, 2.45) is 5.92 Å². The third-order valence-corrected chi connectivity index (χ3v) is 5.28. The minimum absolute atomic E-state index is 0.0317. The van der Waals surface area contributed by atoms with E-state index >= 15 is 0 Å². The van der Waals surface area contributed by atoms with Crippen LogP contribution in [0.15, 0.2) is 17.5 Å². The monoisotopic (exact) mass is 288 g/mol. The van der Waals surface area contributed by atoms with Crippen LogP contribution in [0.5, 0.6) is 0 Å². The van der Waals surface area contributed by atoms with Crippen molar-refractivity contribution < 1.29 is 18.0 Å². The summed E-state index contributed by atoms with van der Waals surface area (Å²) < 4.78 is 22.4. The smallest absolute Gasteiger partial charge is 0.273 e. The first-order chi connectivity index (χ1) is 8.48. The lowest BCUT2D eigenvalue weighted by Crippen LogP contribution is -2.44. The minimum Gasteiger partial charge on any atom is -0.273 e. The Bertz CT molecular complexity index is 550. The SMILES string of the molecule is O=C(NNC(=O)[C@@H]1CCS(=O)(=O)C1)c1cccs1. The van der Waals surface area contributed by atoms with Crippen LogP contribution in [-0.4, -0.2) is 31.7 Å². The Morgan fingerprint density at radius 2 is 2.11 bits per heavy atom. The molecule has 1 atom stereocenters. The second-order valence-electron chi connectivity index (χ2n) is 4.02. The molecule has 98 valence electrons. The predicted octanol–water partition coefficient (Wildman–Crippen LogP) is -0.0562. The highest BCUT2D eigenvalue weighted by atomic mass is 32.2. The molecule has 8 heteroatoms. The van der Waals surface area contributed by atoms with Gasteiger partial charge in [0, 0.05) is 0 Å². The summed E-state index contributed by atoms with van der Waals surface area (Å²) in [6.45, 7) is 0. The lowest BCUT2D eigenvalue weighted by molar-refractivity contribution is -0.125. The molecule has 0 saturated carbocycles. The van der Waals surface area contributed by atoms with Gasteiger partial charge in [-0.15, -0.1) is 11.3 Å². The third kappa shape index (κ3) is 3.08. The van der Waals surface area contributed by atoms with Crippen molar-refractivity contribution in [2.75, 3.05) is 11.5 Å². The Kier molecular flexibility index (Phi) is 3.67. The molecule has 1 aliphatic rings. The van der Waals surface area contributed by atoms with Gasteiger partial charge in [0.1, 0.15) is 0 Å². The molecule has 0 aromatic carbocycles. The van der Waals surface area contributed by atoms with Gasteiger partial charge in [-0.25, -0.2) is 8.42 Å². The normalized spacial score (nSPS) is 21.4. The van der Waals surface area contributed by atoms with Crippen LogP contribution < -0.4 is 10.9 Å². The highest BCUT2D eigenvalue weighted by Crippen LogP contribution is 2.18. The van der Waals surface area contributed by atoms with Gasteiger partial charge < -0.3 is 0 Å². The van der Waals surface area contributed by atoms with E-state index in [2.05, 4.69) is 10.9 Å². The molecule has 6 nitrogen and oxygen atoms in total. The molecule has 0 bridgehead atoms. The van der Waals surface area contributed by atoms with Gasteiger partial charge in [-0.3, -0.25) is 20.4 Å². The zero-order valence-electron chi connectivity index (χ0n) is 9.38. The number of carbonyl (C=O) groups is 2. The standard InChI is InChI=1S/C10H12N2O4S2/c13-9(7-3-5-18(15,16)6-7)11-12-10(14)8-2-1-4-17-8/h1-2,4,7H,3,5-6H2,(H,11,13)(H,12,14)/t7-/m1/s1. The Morgan fingerprint density at radius 3 is 2.67 bits per heavy atom. The molecule has 18 heavy (non-hydrogen) atoms. The Balaban J connectivity index is 1.84. The number of rotatable bonds is 2. The van der Waals surface area contributed by atoms with Crippen LogP contribution >= 0.6 is 11.3 Å². The van der Waals surface area contributed by atoms with Crippen molar-refractivity contribution in [1.29, 1.82) is 0 Å². The fourth-order valence-electron chi connectivity index (χ4n) is 1.69. The first-order valence-corrected chi connectivity index (χ1v) is 8.02. The van der Waals surface area contributed by atoms with Crippen molar-refractivity contribution in [2.45, 2.75) is 6.42 Å². The molecule has 0 aliphatic carbocycles. The van der Waals surface area contributed by atoms with Crippen LogP contribution in [0.25, 0.3) is 0 Å². The number of hydrogen-bond acceptors (Lipinski definition) is 5. The first kappa shape index (κ1) is 13.0. The second kappa shape index (κ2) is 5.07. The number of amides is 2. The maximum Gasteiger partial charge on any atom is 0.279 e. The van der Waals surface area contributed by atoms with E-state index in [9.17, 15) is 18.0 Å². The molecule has 0 radical (unpaired) electrons. The van der Waals surface area contributed by atoms with Crippen molar-refractivity contribution in [1.82, 2.24) is 10.9 Å². The van der Waals surface area contributed by atoms with Gasteiger partial charge in [0.25, 0.3) is 5.91 Å². The molecule has 1 aromatic rings. The maximum absolute atomic E-state index is 11.6. The summed E-state index contributed by atoms with van der Waals surface area (Å²) in [6, 6.07) is 3.36. The minimum atomic E-state index is -3.09. The summed E-state index contributed by atoms with van der Waals surface area (Å²) in [6.07, 6.45) is 0.309. The molecule has 2 rings (SSSR count). The Hall–Kier alpha value is -1.41. The summed E-state index contributed by atoms with van der Waals surface area (Å²) >= 11 is 1.26. The molecule has 1 aliphatic heterocycles. The van der Waals surface area contributed by atoms with Crippen molar-refractivity contribution in [3.05, 3.63) is 22.4 Å². The van der Waals surface area contributed by atoms with E-state index in [-0.39, 0.29) is 11.5 Å². The second-order valence-corrected chi connectivity index (χ2v) is 7.20. The molecule has 1 fully saturated rings. The zero-order valence-corrected chi connectivity index (χ0v) is 11.0. The van der Waals surface area contributed by atoms with E-state index < -0.39 is 27.6 Å². The molecule has 2 N–H and O–H groups in total. The van der Waals surface area contributed by atoms with Gasteiger partial charge in [-0.2, -0.15) is 0 Å². The van der Waals surface area contributed by atoms with Gasteiger partial charge in [0.05, 0.1) is 22.3 Å². The van der Waals surface area contributed by atoms with Gasteiger partial charge >= 0.3 is 0 Å². The summed E-state index contributed by atoms with van der Waals surface area (Å²) in [5.41, 5.74) is 4.52. The number of hydrazine groups is 1. The summed E-state index contributed by atoms with van der Waals surface area (Å²) in [7, 11) is -3.09. The quantitative estimate of drug-likeness (QED) is 0.746. The summed E-state index contributed by atoms with van der Waals surface area (Å²) in [5.74, 6) is -1.55. The molecular weight excluding hydrogens is 276 g/mol. The van der Waals surface area contributed by atoms with Crippen molar-refractivity contribution in [3.63, 3.8) is 0 Å². The average molecular weight is 288 g/mol. The molecule has 1 aromatic heterocycles. The Labute approximate surface area is 108 Å². The maximum atomic E-state index is 11.6. The van der Waals surface area contributed by atoms with E-state index in [1.165, 1.54) is 11.3 Å². The highest BCUT2D eigenvalue weighted by molar-refractivity contribution is 7.91. The summed E-state index contributed by atoms with van der Waals surface area (Å²) in [4.78, 5) is 23.6. The molecule has 2 amide bonds. The lowest BCUT2D eigenvalue weighted by atomic mass is 10.1. The van der Waals surface area contributed by atoms with E-state index in [1.807, 2.05) is 0 Å². The van der Waals surface area contributed by atoms with E-state index in [4.69, 9.17) is 0 Å². The Morgan fingerprint density at radius 1 is 1.33 bits per heavy atom. The van der Waals surface area contributed by atoms with E-state index in [0.717, 1.165) is 0 Å². The van der Waals surface area contributed by atoms with E-state index in [1.54, 1.807) is 17.5 Å². The van der Waals surface area contributed by atoms with Crippen LogP contribution in [0.1, 0.15) is 16.1 Å². The highest BCUT2D eigenvalue weighted by Gasteiger charge is 2.33. The zero-order chi connectivity index (χ0) is 13.2. The van der Waals surface area contributed by atoms with Crippen LogP contribution in [-0.2, 0) is 14.6 Å². The topological polar surface area (TPSA) is 92.3 Å². The number of carbonyl (C=O) groups excluding carboxylic acids is 2. The van der Waals surface area contributed by atoms with Crippen LogP contribution in [0.3, 0.4) is 0 Å². The molecule has 0 unspecified atom stereocenters. The predicted molar refractivity (Wildman–Crippen MR) is 66.7 cm³/mol. The number of hydrogen-bond donors (Lipinski definition) is 2.